The minimum Gasteiger partial charge on any atom is -0.295 e. The summed E-state index contributed by atoms with van der Waals surface area (Å²) in [4.78, 5) is 2.75. The van der Waals surface area contributed by atoms with Gasteiger partial charge in [0.25, 0.3) is 0 Å². The van der Waals surface area contributed by atoms with Crippen molar-refractivity contribution in [2.75, 3.05) is 0 Å². The number of hydrogen-bond donors (Lipinski definition) is 2. The quantitative estimate of drug-likeness (QED) is 0.638. The first kappa shape index (κ1) is 11.3. The highest BCUT2D eigenvalue weighted by Gasteiger charge is 2.37. The van der Waals surface area contributed by atoms with Crippen LogP contribution >= 0.6 is 12.8 Å². The van der Waals surface area contributed by atoms with E-state index in [4.69, 9.17) is 0 Å². The molecule has 2 N–H and O–H groups in total. The fourth-order valence-electron chi connectivity index (χ4n) is 3.00. The Balaban J connectivity index is 0.000000396. The standard InChI is InChI=1S/C10H19N.H3NS/c1-8(2)11-9-4-3-5-10(11)7-6-9;1-2/h8-10H,3-7H2,1-2H3;2H,1H2/t9-,10+;. The van der Waals surface area contributed by atoms with Crippen LogP contribution in [0.1, 0.15) is 46.0 Å². The minimum absolute atomic E-state index is 0.785. The lowest BCUT2D eigenvalue weighted by molar-refractivity contribution is 0.104. The van der Waals surface area contributed by atoms with Gasteiger partial charge in [0.05, 0.1) is 0 Å². The molecule has 0 aromatic carbocycles. The van der Waals surface area contributed by atoms with Crippen LogP contribution in [0.4, 0.5) is 0 Å². The Kier molecular flexibility index (Phi) is 4.56. The van der Waals surface area contributed by atoms with Crippen LogP contribution in [0.15, 0.2) is 0 Å². The zero-order valence-corrected chi connectivity index (χ0v) is 9.63. The number of fused-ring (bicyclic) bond motifs is 2. The molecule has 2 rings (SSSR count). The molecule has 78 valence electrons. The average Bonchev–Trinajstić information content (AvgIpc) is 2.41. The molecule has 2 bridgehead atoms. The second-order valence-electron chi connectivity index (χ2n) is 4.36. The zero-order valence-electron chi connectivity index (χ0n) is 8.74. The predicted molar refractivity (Wildman–Crippen MR) is 60.8 cm³/mol. The molecular weight excluding hydrogens is 180 g/mol. The van der Waals surface area contributed by atoms with Crippen molar-refractivity contribution in [3.05, 3.63) is 0 Å². The molecule has 0 amide bonds. The van der Waals surface area contributed by atoms with Crippen molar-refractivity contribution in [1.29, 1.82) is 0 Å². The fraction of sp³-hybridized carbons (Fsp3) is 1.00. The Labute approximate surface area is 87.4 Å². The molecule has 2 saturated heterocycles. The van der Waals surface area contributed by atoms with Gasteiger partial charge in [0.15, 0.2) is 0 Å². The molecule has 2 aliphatic rings. The van der Waals surface area contributed by atoms with Gasteiger partial charge in [-0.05, 0) is 39.5 Å². The van der Waals surface area contributed by atoms with Crippen molar-refractivity contribution >= 4 is 12.8 Å². The molecule has 0 saturated carbocycles. The van der Waals surface area contributed by atoms with Crippen LogP contribution in [0, 0.1) is 0 Å². The molecule has 2 atom stereocenters. The molecule has 0 aliphatic carbocycles. The first-order chi connectivity index (χ1) is 6.29. The van der Waals surface area contributed by atoms with Crippen molar-refractivity contribution in [3.63, 3.8) is 0 Å². The van der Waals surface area contributed by atoms with Gasteiger partial charge in [0, 0.05) is 18.1 Å². The normalized spacial score (nSPS) is 33.0. The Bertz CT molecular complexity index is 134. The molecule has 0 radical (unpaired) electrons. The highest BCUT2D eigenvalue weighted by Crippen LogP contribution is 2.36. The Morgan fingerprint density at radius 1 is 1.08 bits per heavy atom. The molecule has 0 spiro atoms. The molecule has 2 fully saturated rings. The van der Waals surface area contributed by atoms with Crippen molar-refractivity contribution in [3.8, 4) is 0 Å². The van der Waals surface area contributed by atoms with E-state index in [0.717, 1.165) is 18.1 Å². The van der Waals surface area contributed by atoms with Crippen LogP contribution in [0.5, 0.6) is 0 Å². The van der Waals surface area contributed by atoms with Crippen molar-refractivity contribution in [2.24, 2.45) is 5.14 Å². The number of nitrogens with two attached hydrogens (primary N) is 1. The van der Waals surface area contributed by atoms with Crippen molar-refractivity contribution < 1.29 is 0 Å². The van der Waals surface area contributed by atoms with Gasteiger partial charge in [-0.15, -0.1) is 12.8 Å². The maximum absolute atomic E-state index is 4.19. The summed E-state index contributed by atoms with van der Waals surface area (Å²) in [5, 5.41) is 4.19. The van der Waals surface area contributed by atoms with Gasteiger partial charge in [-0.1, -0.05) is 6.42 Å². The van der Waals surface area contributed by atoms with E-state index in [-0.39, 0.29) is 0 Å². The number of piperidine rings is 1. The van der Waals surface area contributed by atoms with Crippen LogP contribution < -0.4 is 5.14 Å². The lowest BCUT2D eigenvalue weighted by Crippen LogP contribution is -2.43. The van der Waals surface area contributed by atoms with Crippen LogP contribution in [0.2, 0.25) is 0 Å². The average molecular weight is 202 g/mol. The van der Waals surface area contributed by atoms with Gasteiger partial charge in [-0.3, -0.25) is 10.0 Å². The number of thiol groups is 1. The predicted octanol–water partition coefficient (Wildman–Crippen LogP) is 2.20. The molecule has 0 aromatic rings. The fourth-order valence-corrected chi connectivity index (χ4v) is 3.00. The smallest absolute Gasteiger partial charge is 0.0101 e. The minimum atomic E-state index is 0.785. The Morgan fingerprint density at radius 3 is 1.85 bits per heavy atom. The van der Waals surface area contributed by atoms with E-state index >= 15 is 0 Å². The summed E-state index contributed by atoms with van der Waals surface area (Å²) >= 11 is 3.03. The van der Waals surface area contributed by atoms with E-state index in [0.29, 0.717) is 0 Å². The van der Waals surface area contributed by atoms with Crippen molar-refractivity contribution in [1.82, 2.24) is 4.90 Å². The lowest BCUT2D eigenvalue weighted by Gasteiger charge is -2.37. The molecule has 2 aliphatic heterocycles. The highest BCUT2D eigenvalue weighted by molar-refractivity contribution is 7.77. The van der Waals surface area contributed by atoms with E-state index in [1.54, 1.807) is 0 Å². The van der Waals surface area contributed by atoms with Crippen LogP contribution in [0.25, 0.3) is 0 Å². The molecule has 2 nitrogen and oxygen atoms in total. The van der Waals surface area contributed by atoms with Crippen LogP contribution in [-0.4, -0.2) is 23.0 Å². The van der Waals surface area contributed by atoms with E-state index < -0.39 is 0 Å². The summed E-state index contributed by atoms with van der Waals surface area (Å²) in [6.07, 6.45) is 7.37. The molecule has 13 heavy (non-hydrogen) atoms. The van der Waals surface area contributed by atoms with E-state index in [2.05, 4.69) is 36.7 Å². The van der Waals surface area contributed by atoms with E-state index in [1.807, 2.05) is 0 Å². The van der Waals surface area contributed by atoms with E-state index in [9.17, 15) is 0 Å². The second-order valence-corrected chi connectivity index (χ2v) is 4.36. The van der Waals surface area contributed by atoms with Gasteiger partial charge in [0.2, 0.25) is 0 Å². The summed E-state index contributed by atoms with van der Waals surface area (Å²) in [6, 6.07) is 2.69. The van der Waals surface area contributed by atoms with E-state index in [1.165, 1.54) is 32.1 Å². The third kappa shape index (κ3) is 2.39. The molecule has 2 heterocycles. The maximum atomic E-state index is 4.19. The van der Waals surface area contributed by atoms with Gasteiger partial charge in [-0.2, -0.15) is 0 Å². The molecule has 0 unspecified atom stereocenters. The SMILES string of the molecule is CC(C)N1[C@@H]2CCC[C@H]1CC2.NS. The third-order valence-electron chi connectivity index (χ3n) is 3.35. The zero-order chi connectivity index (χ0) is 9.84. The van der Waals surface area contributed by atoms with Crippen LogP contribution in [-0.2, 0) is 0 Å². The first-order valence-electron chi connectivity index (χ1n) is 5.32. The number of rotatable bonds is 1. The number of nitrogens with zero attached hydrogens (tertiary/aromatic N) is 1. The summed E-state index contributed by atoms with van der Waals surface area (Å²) < 4.78 is 0. The molecule has 0 aromatic heterocycles. The topological polar surface area (TPSA) is 29.3 Å². The summed E-state index contributed by atoms with van der Waals surface area (Å²) in [5.41, 5.74) is 0. The van der Waals surface area contributed by atoms with Crippen molar-refractivity contribution in [2.45, 2.75) is 64.1 Å². The summed E-state index contributed by atoms with van der Waals surface area (Å²) in [6.45, 7) is 4.69. The third-order valence-corrected chi connectivity index (χ3v) is 3.35. The first-order valence-corrected chi connectivity index (χ1v) is 5.84. The van der Waals surface area contributed by atoms with Gasteiger partial charge < -0.3 is 0 Å². The maximum Gasteiger partial charge on any atom is 0.0101 e. The Morgan fingerprint density at radius 2 is 1.54 bits per heavy atom. The molecule has 3 heteroatoms. The number of hydrogen-bond acceptors (Lipinski definition) is 3. The summed E-state index contributed by atoms with van der Waals surface area (Å²) in [5.74, 6) is 0. The largest absolute Gasteiger partial charge is 0.295 e. The lowest BCUT2D eigenvalue weighted by atomic mass is 10.0. The monoisotopic (exact) mass is 202 g/mol. The Hall–Kier alpha value is 0.270. The van der Waals surface area contributed by atoms with Crippen LogP contribution in [0.3, 0.4) is 0 Å². The highest BCUT2D eigenvalue weighted by atomic mass is 32.1. The summed E-state index contributed by atoms with van der Waals surface area (Å²) in [7, 11) is 0. The van der Waals surface area contributed by atoms with Gasteiger partial charge in [0.1, 0.15) is 0 Å². The molecular formula is C10H22N2S. The van der Waals surface area contributed by atoms with Gasteiger partial charge in [-0.25, -0.2) is 0 Å². The van der Waals surface area contributed by atoms with Gasteiger partial charge >= 0.3 is 0 Å². The second kappa shape index (κ2) is 5.23.